The predicted molar refractivity (Wildman–Crippen MR) is 99.5 cm³/mol. The van der Waals surface area contributed by atoms with Gasteiger partial charge in [-0.25, -0.2) is 0 Å². The molecule has 5 nitrogen and oxygen atoms in total. The maximum Gasteiger partial charge on any atom is 0.287 e. The fraction of sp³-hybridized carbons (Fsp3) is 0.190. The van der Waals surface area contributed by atoms with Crippen LogP contribution in [0.15, 0.2) is 65.3 Å². The van der Waals surface area contributed by atoms with Crippen LogP contribution in [0.25, 0.3) is 11.1 Å². The number of methoxy groups -OCH3 is 1. The molecule has 0 aliphatic carbocycles. The number of carbonyl (C=O) groups excluding carboxylic acids is 1. The van der Waals surface area contributed by atoms with Crippen molar-refractivity contribution in [2.45, 2.75) is 13.5 Å². The summed E-state index contributed by atoms with van der Waals surface area (Å²) in [6.45, 7) is 2.84. The van der Waals surface area contributed by atoms with E-state index in [0.29, 0.717) is 30.4 Å². The summed E-state index contributed by atoms with van der Waals surface area (Å²) >= 11 is 0. The van der Waals surface area contributed by atoms with E-state index in [1.165, 1.54) is 6.26 Å². The number of carbonyl (C=O) groups is 1. The molecule has 0 saturated heterocycles. The Morgan fingerprint density at radius 1 is 1.08 bits per heavy atom. The Bertz CT molecular complexity index is 871. The minimum absolute atomic E-state index is 0.262. The fourth-order valence-corrected chi connectivity index (χ4v) is 2.69. The molecule has 2 aromatic carbocycles. The van der Waals surface area contributed by atoms with Crippen molar-refractivity contribution >= 4 is 5.91 Å². The topological polar surface area (TPSA) is 60.7 Å². The van der Waals surface area contributed by atoms with Gasteiger partial charge in [0.25, 0.3) is 5.91 Å². The lowest BCUT2D eigenvalue weighted by Gasteiger charge is -2.11. The molecule has 0 unspecified atom stereocenters. The first-order valence-electron chi connectivity index (χ1n) is 8.43. The van der Waals surface area contributed by atoms with Crippen LogP contribution in [-0.4, -0.2) is 19.6 Å². The van der Waals surface area contributed by atoms with Gasteiger partial charge in [0.05, 0.1) is 20.0 Å². The molecule has 0 atom stereocenters. The number of hydrogen-bond acceptors (Lipinski definition) is 4. The van der Waals surface area contributed by atoms with Gasteiger partial charge in [-0.1, -0.05) is 36.4 Å². The summed E-state index contributed by atoms with van der Waals surface area (Å²) in [6.07, 6.45) is 1.52. The molecule has 134 valence electrons. The fourth-order valence-electron chi connectivity index (χ4n) is 2.69. The third-order valence-corrected chi connectivity index (χ3v) is 3.94. The van der Waals surface area contributed by atoms with Gasteiger partial charge in [0.1, 0.15) is 0 Å². The molecular formula is C21H21NO4. The van der Waals surface area contributed by atoms with Crippen molar-refractivity contribution in [3.63, 3.8) is 0 Å². The summed E-state index contributed by atoms with van der Waals surface area (Å²) in [6, 6.07) is 17.1. The lowest BCUT2D eigenvalue weighted by molar-refractivity contribution is 0.0924. The largest absolute Gasteiger partial charge is 0.493 e. The van der Waals surface area contributed by atoms with Crippen LogP contribution in [0, 0.1) is 0 Å². The second-order valence-electron chi connectivity index (χ2n) is 5.63. The second-order valence-corrected chi connectivity index (χ2v) is 5.63. The van der Waals surface area contributed by atoms with Crippen molar-refractivity contribution in [3.8, 4) is 22.6 Å². The third-order valence-electron chi connectivity index (χ3n) is 3.94. The van der Waals surface area contributed by atoms with E-state index >= 15 is 0 Å². The number of rotatable bonds is 7. The van der Waals surface area contributed by atoms with Crippen LogP contribution in [0.1, 0.15) is 23.0 Å². The number of hydrogen-bond donors (Lipinski definition) is 1. The van der Waals surface area contributed by atoms with E-state index in [2.05, 4.69) is 5.32 Å². The molecule has 0 aliphatic heterocycles. The molecule has 1 heterocycles. The van der Waals surface area contributed by atoms with Crippen LogP contribution >= 0.6 is 0 Å². The van der Waals surface area contributed by atoms with E-state index < -0.39 is 0 Å². The molecule has 1 N–H and O–H groups in total. The lowest BCUT2D eigenvalue weighted by Crippen LogP contribution is -2.22. The van der Waals surface area contributed by atoms with Crippen LogP contribution < -0.4 is 14.8 Å². The number of benzene rings is 2. The second kappa shape index (κ2) is 8.25. The van der Waals surface area contributed by atoms with Crippen LogP contribution in [0.2, 0.25) is 0 Å². The van der Waals surface area contributed by atoms with Gasteiger partial charge in [-0.2, -0.15) is 0 Å². The van der Waals surface area contributed by atoms with Gasteiger partial charge in [0.15, 0.2) is 17.3 Å². The van der Waals surface area contributed by atoms with E-state index in [9.17, 15) is 4.79 Å². The van der Waals surface area contributed by atoms with Gasteiger partial charge in [-0.15, -0.1) is 0 Å². The maximum absolute atomic E-state index is 12.5. The maximum atomic E-state index is 12.5. The van der Waals surface area contributed by atoms with Crippen molar-refractivity contribution in [2.24, 2.45) is 0 Å². The molecule has 0 fully saturated rings. The first kappa shape index (κ1) is 17.6. The van der Waals surface area contributed by atoms with Gasteiger partial charge in [0, 0.05) is 12.1 Å². The molecule has 0 bridgehead atoms. The molecular weight excluding hydrogens is 330 g/mol. The number of ether oxygens (including phenoxy) is 2. The minimum Gasteiger partial charge on any atom is -0.493 e. The van der Waals surface area contributed by atoms with Crippen LogP contribution in [0.5, 0.6) is 11.5 Å². The highest BCUT2D eigenvalue weighted by molar-refractivity contribution is 5.98. The van der Waals surface area contributed by atoms with E-state index in [1.807, 2.05) is 55.5 Å². The van der Waals surface area contributed by atoms with Gasteiger partial charge < -0.3 is 19.2 Å². The van der Waals surface area contributed by atoms with Crippen LogP contribution in [-0.2, 0) is 6.54 Å². The smallest absolute Gasteiger partial charge is 0.287 e. The summed E-state index contributed by atoms with van der Waals surface area (Å²) in [4.78, 5) is 12.5. The highest BCUT2D eigenvalue weighted by Gasteiger charge is 2.16. The number of amides is 1. The molecule has 1 aromatic heterocycles. The summed E-state index contributed by atoms with van der Waals surface area (Å²) in [5.41, 5.74) is 2.62. The lowest BCUT2D eigenvalue weighted by atomic mass is 10.1. The average Bonchev–Trinajstić information content (AvgIpc) is 3.18. The predicted octanol–water partition coefficient (Wildman–Crippen LogP) is 4.28. The van der Waals surface area contributed by atoms with Gasteiger partial charge in [-0.05, 0) is 36.2 Å². The van der Waals surface area contributed by atoms with Crippen LogP contribution in [0.4, 0.5) is 0 Å². The zero-order valence-electron chi connectivity index (χ0n) is 14.8. The van der Waals surface area contributed by atoms with Gasteiger partial charge in [0.2, 0.25) is 0 Å². The van der Waals surface area contributed by atoms with E-state index in [0.717, 1.165) is 16.7 Å². The Morgan fingerprint density at radius 3 is 2.62 bits per heavy atom. The average molecular weight is 351 g/mol. The molecule has 0 saturated carbocycles. The number of nitrogens with one attached hydrogen (secondary N) is 1. The Labute approximate surface area is 152 Å². The summed E-state index contributed by atoms with van der Waals surface area (Å²) in [7, 11) is 1.59. The van der Waals surface area contributed by atoms with E-state index in [-0.39, 0.29) is 5.91 Å². The summed E-state index contributed by atoms with van der Waals surface area (Å²) in [5, 5.41) is 2.89. The Balaban J connectivity index is 1.71. The molecule has 5 heteroatoms. The van der Waals surface area contributed by atoms with Gasteiger partial charge >= 0.3 is 0 Å². The van der Waals surface area contributed by atoms with Crippen molar-refractivity contribution in [1.82, 2.24) is 5.32 Å². The zero-order valence-corrected chi connectivity index (χ0v) is 14.8. The summed E-state index contributed by atoms with van der Waals surface area (Å²) in [5.74, 6) is 1.36. The minimum atomic E-state index is -0.262. The molecule has 0 radical (unpaired) electrons. The Hall–Kier alpha value is -3.21. The van der Waals surface area contributed by atoms with Crippen molar-refractivity contribution in [2.75, 3.05) is 13.7 Å². The first-order chi connectivity index (χ1) is 12.7. The zero-order chi connectivity index (χ0) is 18.4. The molecule has 3 aromatic rings. The molecule has 0 aliphatic rings. The normalized spacial score (nSPS) is 10.4. The number of furan rings is 1. The quantitative estimate of drug-likeness (QED) is 0.690. The monoisotopic (exact) mass is 351 g/mol. The van der Waals surface area contributed by atoms with Crippen molar-refractivity contribution < 1.29 is 18.7 Å². The third kappa shape index (κ3) is 3.88. The Morgan fingerprint density at radius 2 is 1.88 bits per heavy atom. The van der Waals surface area contributed by atoms with E-state index in [4.69, 9.17) is 13.9 Å². The summed E-state index contributed by atoms with van der Waals surface area (Å²) < 4.78 is 16.3. The first-order valence-corrected chi connectivity index (χ1v) is 8.43. The molecule has 1 amide bonds. The van der Waals surface area contributed by atoms with Crippen molar-refractivity contribution in [1.29, 1.82) is 0 Å². The molecule has 0 spiro atoms. The van der Waals surface area contributed by atoms with Crippen molar-refractivity contribution in [3.05, 3.63) is 72.2 Å². The highest BCUT2D eigenvalue weighted by atomic mass is 16.5. The molecule has 3 rings (SSSR count). The van der Waals surface area contributed by atoms with E-state index in [1.54, 1.807) is 13.2 Å². The van der Waals surface area contributed by atoms with Gasteiger partial charge in [-0.3, -0.25) is 4.79 Å². The standard InChI is InChI=1S/C21H21NO4/c1-3-25-18-10-9-15(13-19(18)24-2)14-22-21(23)20-17(11-12-26-20)16-7-5-4-6-8-16/h4-13H,3,14H2,1-2H3,(H,22,23). The SMILES string of the molecule is CCOc1ccc(CNC(=O)c2occc2-c2ccccc2)cc1OC. The van der Waals surface area contributed by atoms with Crippen LogP contribution in [0.3, 0.4) is 0 Å². The molecule has 26 heavy (non-hydrogen) atoms. The Kier molecular flexibility index (Phi) is 5.59. The highest BCUT2D eigenvalue weighted by Crippen LogP contribution is 2.28.